The number of nitrogens with zero attached hydrogens (tertiary/aromatic N) is 1. The molecule has 0 bridgehead atoms. The van der Waals surface area contributed by atoms with Crippen LogP contribution in [0.5, 0.6) is 0 Å². The van der Waals surface area contributed by atoms with Crippen molar-refractivity contribution in [2.24, 2.45) is 0 Å². The second-order valence-electron chi connectivity index (χ2n) is 5.39. The third-order valence-corrected chi connectivity index (χ3v) is 4.70. The Morgan fingerprint density at radius 3 is 2.82 bits per heavy atom. The van der Waals surface area contributed by atoms with Crippen molar-refractivity contribution in [1.29, 1.82) is 0 Å². The van der Waals surface area contributed by atoms with Crippen LogP contribution in [0.4, 0.5) is 0 Å². The van der Waals surface area contributed by atoms with E-state index in [9.17, 15) is 9.59 Å². The fourth-order valence-electron chi connectivity index (χ4n) is 2.34. The Bertz CT molecular complexity index is 492. The molecule has 1 unspecified atom stereocenters. The summed E-state index contributed by atoms with van der Waals surface area (Å²) in [7, 11) is 0. The molecule has 0 aliphatic carbocycles. The summed E-state index contributed by atoms with van der Waals surface area (Å²) in [4.78, 5) is 26.1. The fourth-order valence-corrected chi connectivity index (χ4v) is 3.50. The lowest BCUT2D eigenvalue weighted by Crippen LogP contribution is -2.42. The quantitative estimate of drug-likeness (QED) is 0.572. The molecule has 0 N–H and O–H groups in total. The van der Waals surface area contributed by atoms with Crippen LogP contribution in [0.25, 0.3) is 0 Å². The summed E-state index contributed by atoms with van der Waals surface area (Å²) in [6.07, 6.45) is 3.00. The first-order chi connectivity index (χ1) is 10.7. The first kappa shape index (κ1) is 16.9. The summed E-state index contributed by atoms with van der Waals surface area (Å²) in [6, 6.07) is 9.53. The van der Waals surface area contributed by atoms with Crippen LogP contribution in [-0.4, -0.2) is 41.1 Å². The van der Waals surface area contributed by atoms with E-state index in [1.807, 2.05) is 30.3 Å². The number of hydrogen-bond acceptors (Lipinski definition) is 4. The zero-order chi connectivity index (χ0) is 15.8. The number of hydrogen-bond donors (Lipinski definition) is 0. The van der Waals surface area contributed by atoms with Gasteiger partial charge >= 0.3 is 5.97 Å². The van der Waals surface area contributed by atoms with Crippen molar-refractivity contribution in [3.63, 3.8) is 0 Å². The summed E-state index contributed by atoms with van der Waals surface area (Å²) in [5.41, 5.74) is 1.14. The average molecular weight is 321 g/mol. The highest BCUT2D eigenvalue weighted by Gasteiger charge is 2.35. The van der Waals surface area contributed by atoms with E-state index in [0.717, 1.165) is 18.4 Å². The lowest BCUT2D eigenvalue weighted by molar-refractivity contribution is -0.153. The second kappa shape index (κ2) is 8.83. The summed E-state index contributed by atoms with van der Waals surface area (Å²) < 4.78 is 5.26. The molecule has 5 heteroatoms. The zero-order valence-corrected chi connectivity index (χ0v) is 13.8. The van der Waals surface area contributed by atoms with Gasteiger partial charge in [-0.3, -0.25) is 4.79 Å². The van der Waals surface area contributed by atoms with Gasteiger partial charge in [0.15, 0.2) is 0 Å². The molecule has 1 saturated heterocycles. The van der Waals surface area contributed by atoms with E-state index >= 15 is 0 Å². The molecule has 1 amide bonds. The van der Waals surface area contributed by atoms with Crippen LogP contribution in [0, 0.1) is 0 Å². The number of carbonyl (C=O) groups excluding carboxylic acids is 2. The molecule has 1 aliphatic heterocycles. The number of ether oxygens (including phenoxy) is 1. The van der Waals surface area contributed by atoms with Crippen LogP contribution >= 0.6 is 11.8 Å². The molecule has 4 nitrogen and oxygen atoms in total. The van der Waals surface area contributed by atoms with E-state index in [2.05, 4.69) is 6.92 Å². The Kier molecular flexibility index (Phi) is 6.77. The molecule has 1 aliphatic rings. The van der Waals surface area contributed by atoms with E-state index in [4.69, 9.17) is 4.74 Å². The third-order valence-electron chi connectivity index (χ3n) is 3.69. The maximum Gasteiger partial charge on any atom is 0.329 e. The Labute approximate surface area is 136 Å². The predicted molar refractivity (Wildman–Crippen MR) is 88.6 cm³/mol. The number of aryl methyl sites for hydroxylation is 1. The van der Waals surface area contributed by atoms with Crippen molar-refractivity contribution in [2.45, 2.75) is 38.6 Å². The Morgan fingerprint density at radius 2 is 2.09 bits per heavy atom. The van der Waals surface area contributed by atoms with Crippen LogP contribution in [0.1, 0.15) is 31.7 Å². The molecular formula is C17H23NO3S. The van der Waals surface area contributed by atoms with Crippen molar-refractivity contribution in [3.8, 4) is 0 Å². The molecule has 1 aromatic carbocycles. The maximum atomic E-state index is 12.4. The first-order valence-electron chi connectivity index (χ1n) is 7.80. The van der Waals surface area contributed by atoms with Crippen LogP contribution in [0.3, 0.4) is 0 Å². The van der Waals surface area contributed by atoms with Crippen LogP contribution < -0.4 is 0 Å². The molecule has 120 valence electrons. The van der Waals surface area contributed by atoms with Crippen molar-refractivity contribution in [2.75, 3.05) is 18.2 Å². The third kappa shape index (κ3) is 4.77. The minimum Gasteiger partial charge on any atom is -0.464 e. The van der Waals surface area contributed by atoms with Crippen molar-refractivity contribution < 1.29 is 14.3 Å². The monoisotopic (exact) mass is 321 g/mol. The molecular weight excluding hydrogens is 298 g/mol. The van der Waals surface area contributed by atoms with Gasteiger partial charge in [-0.25, -0.2) is 4.79 Å². The summed E-state index contributed by atoms with van der Waals surface area (Å²) in [6.45, 7) is 2.50. The van der Waals surface area contributed by atoms with Gasteiger partial charge in [0.1, 0.15) is 6.04 Å². The Morgan fingerprint density at radius 1 is 1.32 bits per heavy atom. The molecule has 22 heavy (non-hydrogen) atoms. The van der Waals surface area contributed by atoms with Crippen molar-refractivity contribution in [3.05, 3.63) is 35.9 Å². The molecule has 1 atom stereocenters. The smallest absolute Gasteiger partial charge is 0.329 e. The van der Waals surface area contributed by atoms with Gasteiger partial charge in [0.25, 0.3) is 0 Å². The van der Waals surface area contributed by atoms with E-state index in [0.29, 0.717) is 31.1 Å². The molecule has 2 rings (SSSR count). The molecule has 0 saturated carbocycles. The van der Waals surface area contributed by atoms with Gasteiger partial charge in [-0.15, -0.1) is 11.8 Å². The molecule has 1 aromatic rings. The average Bonchev–Trinajstić information content (AvgIpc) is 3.03. The summed E-state index contributed by atoms with van der Waals surface area (Å²) in [5, 5.41) is 0. The SMILES string of the molecule is CCCCOC(=O)C1CSCN1C(=O)CCc1ccccc1. The van der Waals surface area contributed by atoms with Crippen LogP contribution in [0.15, 0.2) is 30.3 Å². The topological polar surface area (TPSA) is 46.6 Å². The number of esters is 1. The predicted octanol–water partition coefficient (Wildman–Crippen LogP) is 2.86. The molecule has 0 spiro atoms. The van der Waals surface area contributed by atoms with Gasteiger partial charge in [0.2, 0.25) is 5.91 Å². The van der Waals surface area contributed by atoms with E-state index < -0.39 is 6.04 Å². The van der Waals surface area contributed by atoms with E-state index in [1.165, 1.54) is 0 Å². The van der Waals surface area contributed by atoms with Gasteiger partial charge in [-0.1, -0.05) is 43.7 Å². The first-order valence-corrected chi connectivity index (χ1v) is 8.95. The minimum atomic E-state index is -0.412. The number of carbonyl (C=O) groups is 2. The fraction of sp³-hybridized carbons (Fsp3) is 0.529. The highest BCUT2D eigenvalue weighted by molar-refractivity contribution is 7.99. The number of unbranched alkanes of at least 4 members (excludes halogenated alkanes) is 1. The van der Waals surface area contributed by atoms with Gasteiger partial charge in [-0.05, 0) is 18.4 Å². The Hall–Kier alpha value is -1.49. The summed E-state index contributed by atoms with van der Waals surface area (Å²) in [5.74, 6) is 1.00. The molecule has 0 radical (unpaired) electrons. The van der Waals surface area contributed by atoms with Gasteiger partial charge in [0.05, 0.1) is 12.5 Å². The van der Waals surface area contributed by atoms with Crippen LogP contribution in [-0.2, 0) is 20.7 Å². The molecule has 1 heterocycles. The molecule has 1 fully saturated rings. The highest BCUT2D eigenvalue weighted by Crippen LogP contribution is 2.23. The number of rotatable bonds is 7. The standard InChI is InChI=1S/C17H23NO3S/c1-2-3-11-21-17(20)15-12-22-13-18(15)16(19)10-9-14-7-5-4-6-8-14/h4-8,15H,2-3,9-13H2,1H3. The number of thioether (sulfide) groups is 1. The second-order valence-corrected chi connectivity index (χ2v) is 6.39. The number of amides is 1. The lowest BCUT2D eigenvalue weighted by atomic mass is 10.1. The lowest BCUT2D eigenvalue weighted by Gasteiger charge is -2.22. The maximum absolute atomic E-state index is 12.4. The molecule has 0 aromatic heterocycles. The van der Waals surface area contributed by atoms with Crippen LogP contribution in [0.2, 0.25) is 0 Å². The van der Waals surface area contributed by atoms with Gasteiger partial charge in [0, 0.05) is 12.2 Å². The Balaban J connectivity index is 1.84. The zero-order valence-electron chi connectivity index (χ0n) is 13.0. The van der Waals surface area contributed by atoms with Gasteiger partial charge < -0.3 is 9.64 Å². The van der Waals surface area contributed by atoms with Crippen molar-refractivity contribution in [1.82, 2.24) is 4.90 Å². The van der Waals surface area contributed by atoms with Gasteiger partial charge in [-0.2, -0.15) is 0 Å². The van der Waals surface area contributed by atoms with E-state index in [-0.39, 0.29) is 11.9 Å². The largest absolute Gasteiger partial charge is 0.464 e. The summed E-state index contributed by atoms with van der Waals surface area (Å²) >= 11 is 1.61. The van der Waals surface area contributed by atoms with E-state index in [1.54, 1.807) is 16.7 Å². The van der Waals surface area contributed by atoms with Crippen molar-refractivity contribution >= 4 is 23.6 Å². The highest BCUT2D eigenvalue weighted by atomic mass is 32.2. The number of benzene rings is 1. The normalized spacial score (nSPS) is 17.5. The minimum absolute atomic E-state index is 0.0336.